The number of carbonyl (C=O) groups is 1. The summed E-state index contributed by atoms with van der Waals surface area (Å²) in [7, 11) is 0. The first kappa shape index (κ1) is 24.1. The van der Waals surface area contributed by atoms with Crippen LogP contribution in [0.2, 0.25) is 0 Å². The molecule has 1 rings (SSSR count). The van der Waals surface area contributed by atoms with Gasteiger partial charge in [0.25, 0.3) is 0 Å². The number of hydrogen-bond donors (Lipinski definition) is 1. The molecule has 0 aliphatic rings. The van der Waals surface area contributed by atoms with E-state index in [0.717, 1.165) is 11.6 Å². The molecule has 4 nitrogen and oxygen atoms in total. The summed E-state index contributed by atoms with van der Waals surface area (Å²) >= 11 is 3.23. The molecule has 1 aromatic carbocycles. The third kappa shape index (κ3) is 6.89. The highest BCUT2D eigenvalue weighted by molar-refractivity contribution is 9.11. The number of aliphatic hydroxyl groups is 1. The normalized spacial score (nSPS) is 14.4. The van der Waals surface area contributed by atoms with E-state index in [1.54, 1.807) is 19.9 Å². The third-order valence-electron chi connectivity index (χ3n) is 3.96. The first-order chi connectivity index (χ1) is 13.0. The number of alkyl halides is 3. The highest BCUT2D eigenvalue weighted by Crippen LogP contribution is 2.37. The number of carbonyl (C=O) groups excluding carboxylic acids is 1. The largest absolute Gasteiger partial charge is 0.511 e. The highest BCUT2D eigenvalue weighted by Gasteiger charge is 2.35. The molecule has 0 aromatic heterocycles. The van der Waals surface area contributed by atoms with Crippen LogP contribution >= 0.6 is 15.9 Å². The first-order valence-corrected chi connectivity index (χ1v) is 9.57. The van der Waals surface area contributed by atoms with Gasteiger partial charge in [-0.3, -0.25) is 4.79 Å². The minimum Gasteiger partial charge on any atom is -0.511 e. The molecule has 1 N–H and O–H groups in total. The molecule has 0 radical (unpaired) electrons. The first-order valence-electron chi connectivity index (χ1n) is 8.78. The Morgan fingerprint density at radius 3 is 2.46 bits per heavy atom. The van der Waals surface area contributed by atoms with Crippen molar-refractivity contribution in [3.63, 3.8) is 0 Å². The van der Waals surface area contributed by atoms with Crippen molar-refractivity contribution in [2.45, 2.75) is 52.8 Å². The predicted molar refractivity (Wildman–Crippen MR) is 105 cm³/mol. The standard InChI is InChI=1S/C20H24BrF3O4/c1-5-14(10-17(21)12(3)25)13(4)28-18-9-7-8-16(20(22,23)24)15(18)11-19(26)27-6-2/h7-10,13,25H,5-6,11H2,1-4H3/b14-10+,17-12-/t13-/m1/s1. The van der Waals surface area contributed by atoms with Crippen LogP contribution in [0.25, 0.3) is 0 Å². The van der Waals surface area contributed by atoms with Crippen molar-refractivity contribution in [1.29, 1.82) is 0 Å². The topological polar surface area (TPSA) is 55.8 Å². The van der Waals surface area contributed by atoms with Crippen molar-refractivity contribution in [2.24, 2.45) is 0 Å². The van der Waals surface area contributed by atoms with Gasteiger partial charge in [0.2, 0.25) is 0 Å². The summed E-state index contributed by atoms with van der Waals surface area (Å²) in [6.07, 6.45) is -3.54. The second kappa shape index (κ2) is 10.5. The SMILES string of the molecule is CCOC(=O)Cc1c(O[C@H](C)/C(=C/C(Br)=C(\C)O)CC)cccc1C(F)(F)F. The summed E-state index contributed by atoms with van der Waals surface area (Å²) < 4.78 is 51.3. The summed E-state index contributed by atoms with van der Waals surface area (Å²) in [5.74, 6) is -0.722. The van der Waals surface area contributed by atoms with Gasteiger partial charge in [0.05, 0.1) is 23.1 Å². The van der Waals surface area contributed by atoms with Crippen LogP contribution in [0.3, 0.4) is 0 Å². The maximum atomic E-state index is 13.4. The molecule has 0 fully saturated rings. The third-order valence-corrected chi connectivity index (χ3v) is 4.76. The van der Waals surface area contributed by atoms with E-state index in [1.807, 2.05) is 6.92 Å². The van der Waals surface area contributed by atoms with Gasteiger partial charge < -0.3 is 14.6 Å². The average molecular weight is 465 g/mol. The smallest absolute Gasteiger partial charge is 0.416 e. The predicted octanol–water partition coefficient (Wildman–Crippen LogP) is 6.10. The molecule has 28 heavy (non-hydrogen) atoms. The number of esters is 1. The fraction of sp³-hybridized carbons (Fsp3) is 0.450. The number of aliphatic hydroxyl groups excluding tert-OH is 1. The Hall–Kier alpha value is -1.96. The van der Waals surface area contributed by atoms with Crippen molar-refractivity contribution >= 4 is 21.9 Å². The van der Waals surface area contributed by atoms with Crippen LogP contribution in [0.5, 0.6) is 5.75 Å². The number of benzene rings is 1. The fourth-order valence-corrected chi connectivity index (χ4v) is 2.81. The zero-order valence-corrected chi connectivity index (χ0v) is 17.8. The number of halogens is 4. The maximum Gasteiger partial charge on any atom is 0.416 e. The summed E-state index contributed by atoms with van der Waals surface area (Å²) in [5, 5.41) is 9.53. The highest BCUT2D eigenvalue weighted by atomic mass is 79.9. The van der Waals surface area contributed by atoms with Crippen LogP contribution in [0.15, 0.2) is 40.1 Å². The Morgan fingerprint density at radius 2 is 1.96 bits per heavy atom. The van der Waals surface area contributed by atoms with Crippen LogP contribution < -0.4 is 4.74 Å². The molecule has 0 saturated heterocycles. The van der Waals surface area contributed by atoms with E-state index < -0.39 is 30.2 Å². The van der Waals surface area contributed by atoms with E-state index >= 15 is 0 Å². The molecule has 0 saturated carbocycles. The maximum absolute atomic E-state index is 13.4. The van der Waals surface area contributed by atoms with E-state index in [-0.39, 0.29) is 23.7 Å². The van der Waals surface area contributed by atoms with E-state index in [9.17, 15) is 23.1 Å². The quantitative estimate of drug-likeness (QED) is 0.287. The van der Waals surface area contributed by atoms with Gasteiger partial charge in [0.1, 0.15) is 17.6 Å². The number of ether oxygens (including phenoxy) is 2. The van der Waals surface area contributed by atoms with Crippen LogP contribution in [0.4, 0.5) is 13.2 Å². The van der Waals surface area contributed by atoms with Gasteiger partial charge in [-0.1, -0.05) is 13.0 Å². The van der Waals surface area contributed by atoms with Crippen LogP contribution in [-0.4, -0.2) is 23.8 Å². The van der Waals surface area contributed by atoms with E-state index in [0.29, 0.717) is 10.9 Å². The second-order valence-corrected chi connectivity index (χ2v) is 6.88. The van der Waals surface area contributed by atoms with Gasteiger partial charge in [-0.25, -0.2) is 0 Å². The molecule has 0 heterocycles. The van der Waals surface area contributed by atoms with Crippen molar-refractivity contribution in [1.82, 2.24) is 0 Å². The lowest BCUT2D eigenvalue weighted by atomic mass is 10.0. The van der Waals surface area contributed by atoms with E-state index in [1.165, 1.54) is 19.1 Å². The molecule has 0 spiro atoms. The molecule has 1 atom stereocenters. The number of hydrogen-bond acceptors (Lipinski definition) is 4. The Bertz CT molecular complexity index is 750. The van der Waals surface area contributed by atoms with Gasteiger partial charge in [-0.05, 0) is 66.9 Å². The van der Waals surface area contributed by atoms with E-state index in [4.69, 9.17) is 9.47 Å². The zero-order chi connectivity index (χ0) is 21.5. The molecule has 0 bridgehead atoms. The Labute approximate surface area is 171 Å². The van der Waals surface area contributed by atoms with Crippen molar-refractivity contribution in [3.05, 3.63) is 51.2 Å². The lowest BCUT2D eigenvalue weighted by Crippen LogP contribution is -2.20. The zero-order valence-electron chi connectivity index (χ0n) is 16.2. The van der Waals surface area contributed by atoms with Gasteiger partial charge in [-0.15, -0.1) is 0 Å². The van der Waals surface area contributed by atoms with Crippen LogP contribution in [-0.2, 0) is 22.1 Å². The minimum atomic E-state index is -4.63. The van der Waals surface area contributed by atoms with Crippen molar-refractivity contribution < 1.29 is 32.5 Å². The molecular formula is C20H24BrF3O4. The van der Waals surface area contributed by atoms with Crippen molar-refractivity contribution in [2.75, 3.05) is 6.61 Å². The summed E-state index contributed by atoms with van der Waals surface area (Å²) in [6.45, 7) is 6.72. The van der Waals surface area contributed by atoms with Gasteiger partial charge in [0, 0.05) is 5.56 Å². The molecular weight excluding hydrogens is 441 g/mol. The minimum absolute atomic E-state index is 0.0319. The van der Waals surface area contributed by atoms with Gasteiger partial charge in [0.15, 0.2) is 0 Å². The lowest BCUT2D eigenvalue weighted by molar-refractivity contribution is -0.143. The molecule has 0 aliphatic carbocycles. The molecule has 0 unspecified atom stereocenters. The van der Waals surface area contributed by atoms with Crippen LogP contribution in [0, 0.1) is 0 Å². The van der Waals surface area contributed by atoms with Crippen molar-refractivity contribution in [3.8, 4) is 5.75 Å². The molecule has 156 valence electrons. The molecule has 0 amide bonds. The van der Waals surface area contributed by atoms with Gasteiger partial charge >= 0.3 is 12.1 Å². The van der Waals surface area contributed by atoms with Gasteiger partial charge in [-0.2, -0.15) is 13.2 Å². The second-order valence-electron chi connectivity index (χ2n) is 6.03. The van der Waals surface area contributed by atoms with Crippen LogP contribution in [0.1, 0.15) is 45.2 Å². The molecule has 8 heteroatoms. The Morgan fingerprint density at radius 1 is 1.32 bits per heavy atom. The Kier molecular flexibility index (Phi) is 9.07. The fourth-order valence-electron chi connectivity index (χ4n) is 2.52. The Balaban J connectivity index is 3.32. The monoisotopic (exact) mass is 464 g/mol. The number of rotatable bonds is 8. The number of allylic oxidation sites excluding steroid dienone is 3. The average Bonchev–Trinajstić information content (AvgIpc) is 2.59. The lowest BCUT2D eigenvalue weighted by Gasteiger charge is -2.22. The summed E-state index contributed by atoms with van der Waals surface area (Å²) in [4.78, 5) is 11.8. The summed E-state index contributed by atoms with van der Waals surface area (Å²) in [5.41, 5.74) is -0.442. The molecule has 1 aromatic rings. The van der Waals surface area contributed by atoms with E-state index in [2.05, 4.69) is 15.9 Å². The summed E-state index contributed by atoms with van der Waals surface area (Å²) in [6, 6.07) is 3.55. The molecule has 0 aliphatic heterocycles.